The fourth-order valence-electron chi connectivity index (χ4n) is 2.55. The van der Waals surface area contributed by atoms with Crippen LogP contribution in [0.1, 0.15) is 0 Å². The number of phenols is 7. The maximum absolute atomic E-state index is 10.3. The number of rotatable bonds is 2. The minimum atomic E-state index is -0.719. The first-order valence-corrected chi connectivity index (χ1v) is 7.12. The smallest absolute Gasteiger partial charge is 0.170 e. The predicted octanol–water partition coefficient (Wildman–Crippen LogP) is 2.96. The molecule has 0 amide bonds. The van der Waals surface area contributed by atoms with Crippen molar-refractivity contribution in [3.8, 4) is 62.5 Å². The lowest BCUT2D eigenvalue weighted by molar-refractivity contribution is 0.378. The van der Waals surface area contributed by atoms with Gasteiger partial charge in [-0.25, -0.2) is 0 Å². The van der Waals surface area contributed by atoms with Crippen molar-refractivity contribution in [3.63, 3.8) is 0 Å². The second kappa shape index (κ2) is 5.72. The molecule has 0 bridgehead atoms. The van der Waals surface area contributed by atoms with E-state index in [0.717, 1.165) is 12.1 Å². The topological polar surface area (TPSA) is 142 Å². The first kappa shape index (κ1) is 16.1. The molecule has 7 heteroatoms. The lowest BCUT2D eigenvalue weighted by Crippen LogP contribution is -1.88. The summed E-state index contributed by atoms with van der Waals surface area (Å²) < 4.78 is 0. The van der Waals surface area contributed by atoms with Crippen LogP contribution in [0.3, 0.4) is 0 Å². The van der Waals surface area contributed by atoms with E-state index in [1.165, 1.54) is 30.3 Å². The predicted molar refractivity (Wildman–Crippen MR) is 89.0 cm³/mol. The Balaban J connectivity index is 2.27. The number of benzene rings is 3. The third kappa shape index (κ3) is 2.57. The highest BCUT2D eigenvalue weighted by Gasteiger charge is 2.25. The summed E-state index contributed by atoms with van der Waals surface area (Å²) in [7, 11) is 0. The van der Waals surface area contributed by atoms with E-state index in [4.69, 9.17) is 0 Å². The van der Waals surface area contributed by atoms with Gasteiger partial charge in [0.1, 0.15) is 5.75 Å². The van der Waals surface area contributed by atoms with E-state index < -0.39 is 34.5 Å². The standard InChI is InChI=1S/C18H14O7/c19-10-4-1-8(2-5-10)13-15(22)17(24)14(18(25)16(13)23)9-3-6-11(20)12(21)7-9/h1-7,19-25H. The Morgan fingerprint density at radius 1 is 0.440 bits per heavy atom. The van der Waals surface area contributed by atoms with Crippen LogP contribution in [-0.4, -0.2) is 35.7 Å². The number of aromatic hydroxyl groups is 7. The van der Waals surface area contributed by atoms with Gasteiger partial charge in [0.25, 0.3) is 0 Å². The highest BCUT2D eigenvalue weighted by Crippen LogP contribution is 2.55. The van der Waals surface area contributed by atoms with Gasteiger partial charge in [-0.05, 0) is 35.4 Å². The van der Waals surface area contributed by atoms with E-state index >= 15 is 0 Å². The second-order valence-electron chi connectivity index (χ2n) is 5.39. The van der Waals surface area contributed by atoms with Crippen molar-refractivity contribution in [2.24, 2.45) is 0 Å². The fraction of sp³-hybridized carbons (Fsp3) is 0. The molecular formula is C18H14O7. The van der Waals surface area contributed by atoms with Crippen molar-refractivity contribution in [1.29, 1.82) is 0 Å². The zero-order valence-corrected chi connectivity index (χ0v) is 12.7. The van der Waals surface area contributed by atoms with E-state index in [0.29, 0.717) is 0 Å². The zero-order valence-electron chi connectivity index (χ0n) is 12.7. The maximum atomic E-state index is 10.3. The first-order valence-electron chi connectivity index (χ1n) is 7.12. The van der Waals surface area contributed by atoms with Gasteiger partial charge in [-0.1, -0.05) is 18.2 Å². The molecule has 128 valence electrons. The molecule has 3 aromatic rings. The molecule has 25 heavy (non-hydrogen) atoms. The van der Waals surface area contributed by atoms with E-state index in [2.05, 4.69) is 0 Å². The Morgan fingerprint density at radius 3 is 1.36 bits per heavy atom. The Bertz CT molecular complexity index is 933. The summed E-state index contributed by atoms with van der Waals surface area (Å²) in [4.78, 5) is 0. The zero-order chi connectivity index (χ0) is 18.3. The van der Waals surface area contributed by atoms with Crippen molar-refractivity contribution in [2.45, 2.75) is 0 Å². The molecule has 0 aliphatic rings. The van der Waals surface area contributed by atoms with Gasteiger partial charge in [0.2, 0.25) is 0 Å². The van der Waals surface area contributed by atoms with Crippen molar-refractivity contribution >= 4 is 0 Å². The molecule has 0 heterocycles. The van der Waals surface area contributed by atoms with Crippen LogP contribution in [0.25, 0.3) is 22.3 Å². The molecular weight excluding hydrogens is 328 g/mol. The Labute approximate surface area is 141 Å². The van der Waals surface area contributed by atoms with Crippen molar-refractivity contribution in [1.82, 2.24) is 0 Å². The molecule has 0 atom stereocenters. The average Bonchev–Trinajstić information content (AvgIpc) is 2.58. The van der Waals surface area contributed by atoms with Crippen molar-refractivity contribution in [2.75, 3.05) is 0 Å². The molecule has 0 aliphatic heterocycles. The highest BCUT2D eigenvalue weighted by molar-refractivity contribution is 5.92. The summed E-state index contributed by atoms with van der Waals surface area (Å²) in [5.74, 6) is -3.76. The largest absolute Gasteiger partial charge is 0.508 e. The summed E-state index contributed by atoms with van der Waals surface area (Å²) in [6.07, 6.45) is 0. The van der Waals surface area contributed by atoms with E-state index in [9.17, 15) is 35.7 Å². The van der Waals surface area contributed by atoms with Gasteiger partial charge >= 0.3 is 0 Å². The molecule has 0 radical (unpaired) electrons. The van der Waals surface area contributed by atoms with E-state index in [-0.39, 0.29) is 28.0 Å². The highest BCUT2D eigenvalue weighted by atomic mass is 16.3. The number of hydrogen-bond donors (Lipinski definition) is 7. The number of hydrogen-bond acceptors (Lipinski definition) is 7. The SMILES string of the molecule is Oc1ccc(-c2c(O)c(O)c(-c3ccc(O)c(O)c3)c(O)c2O)cc1. The molecule has 3 aromatic carbocycles. The summed E-state index contributed by atoms with van der Waals surface area (Å²) in [6.45, 7) is 0. The average molecular weight is 342 g/mol. The summed E-state index contributed by atoms with van der Waals surface area (Å²) >= 11 is 0. The fourth-order valence-corrected chi connectivity index (χ4v) is 2.55. The van der Waals surface area contributed by atoms with Crippen LogP contribution in [-0.2, 0) is 0 Å². The molecule has 3 rings (SSSR count). The quantitative estimate of drug-likeness (QED) is 0.280. The molecule has 0 aromatic heterocycles. The van der Waals surface area contributed by atoms with Gasteiger partial charge in [-0.3, -0.25) is 0 Å². The second-order valence-corrected chi connectivity index (χ2v) is 5.39. The molecule has 7 N–H and O–H groups in total. The van der Waals surface area contributed by atoms with Crippen LogP contribution in [0, 0.1) is 0 Å². The monoisotopic (exact) mass is 342 g/mol. The molecule has 7 nitrogen and oxygen atoms in total. The Hall–Kier alpha value is -3.74. The van der Waals surface area contributed by atoms with Crippen molar-refractivity contribution in [3.05, 3.63) is 42.5 Å². The maximum Gasteiger partial charge on any atom is 0.170 e. The van der Waals surface area contributed by atoms with Gasteiger partial charge in [0.05, 0.1) is 11.1 Å². The van der Waals surface area contributed by atoms with Crippen LogP contribution in [0.4, 0.5) is 0 Å². The molecule has 0 saturated heterocycles. The summed E-state index contributed by atoms with van der Waals surface area (Å²) in [5.41, 5.74) is -0.221. The van der Waals surface area contributed by atoms with Gasteiger partial charge < -0.3 is 35.7 Å². The van der Waals surface area contributed by atoms with Gasteiger partial charge in [-0.2, -0.15) is 0 Å². The minimum Gasteiger partial charge on any atom is -0.508 e. The Kier molecular flexibility index (Phi) is 3.69. The number of phenolic OH excluding ortho intramolecular Hbond substituents is 7. The lowest BCUT2D eigenvalue weighted by atomic mass is 9.95. The third-order valence-corrected chi connectivity index (χ3v) is 3.82. The third-order valence-electron chi connectivity index (χ3n) is 3.82. The van der Waals surface area contributed by atoms with Crippen LogP contribution in [0.2, 0.25) is 0 Å². The van der Waals surface area contributed by atoms with Crippen LogP contribution in [0.5, 0.6) is 40.2 Å². The van der Waals surface area contributed by atoms with Crippen LogP contribution in [0.15, 0.2) is 42.5 Å². The van der Waals surface area contributed by atoms with Crippen molar-refractivity contribution < 1.29 is 35.7 Å². The molecule has 0 saturated carbocycles. The minimum absolute atomic E-state index is 0.0348. The lowest BCUT2D eigenvalue weighted by Gasteiger charge is -2.16. The molecule has 0 unspecified atom stereocenters. The van der Waals surface area contributed by atoms with E-state index in [1.807, 2.05) is 0 Å². The summed E-state index contributed by atoms with van der Waals surface area (Å²) in [6, 6.07) is 8.87. The Morgan fingerprint density at radius 2 is 0.880 bits per heavy atom. The van der Waals surface area contributed by atoms with Gasteiger partial charge in [0, 0.05) is 0 Å². The molecule has 0 aliphatic carbocycles. The normalized spacial score (nSPS) is 10.7. The first-order chi connectivity index (χ1) is 11.8. The van der Waals surface area contributed by atoms with Crippen LogP contribution < -0.4 is 0 Å². The van der Waals surface area contributed by atoms with Crippen LogP contribution >= 0.6 is 0 Å². The van der Waals surface area contributed by atoms with Gasteiger partial charge in [-0.15, -0.1) is 0 Å². The van der Waals surface area contributed by atoms with E-state index in [1.54, 1.807) is 0 Å². The summed E-state index contributed by atoms with van der Waals surface area (Å²) in [5, 5.41) is 69.5. The molecule has 0 fully saturated rings. The molecule has 0 spiro atoms. The van der Waals surface area contributed by atoms with Gasteiger partial charge in [0.15, 0.2) is 34.5 Å².